The second-order valence-corrected chi connectivity index (χ2v) is 8.04. The van der Waals surface area contributed by atoms with E-state index in [1.54, 1.807) is 11.0 Å². The predicted molar refractivity (Wildman–Crippen MR) is 123 cm³/mol. The van der Waals surface area contributed by atoms with Gasteiger partial charge in [-0.15, -0.1) is 24.0 Å². The number of carbonyl (C=O) groups excluding carboxylic acids is 1. The molecule has 0 bridgehead atoms. The maximum atomic E-state index is 12.3. The Bertz CT molecular complexity index is 826. The Morgan fingerprint density at radius 3 is 2.73 bits per heavy atom. The molecule has 30 heavy (non-hydrogen) atoms. The lowest BCUT2D eigenvalue weighted by molar-refractivity contribution is -0.384. The van der Waals surface area contributed by atoms with E-state index in [9.17, 15) is 14.9 Å². The summed E-state index contributed by atoms with van der Waals surface area (Å²) < 4.78 is 10.8. The Hall–Kier alpha value is -2.31. The number of nitro groups is 1. The van der Waals surface area contributed by atoms with Gasteiger partial charge in [-0.05, 0) is 26.8 Å². The summed E-state index contributed by atoms with van der Waals surface area (Å²) in [4.78, 5) is 31.3. The first-order valence-corrected chi connectivity index (χ1v) is 9.52. The molecule has 166 valence electrons. The normalized spacial score (nSPS) is 18.1. The van der Waals surface area contributed by atoms with Gasteiger partial charge in [-0.2, -0.15) is 0 Å². The summed E-state index contributed by atoms with van der Waals surface area (Å²) in [5.41, 5.74) is 0.171. The molecule has 1 atom stereocenters. The van der Waals surface area contributed by atoms with Crippen molar-refractivity contribution >= 4 is 41.7 Å². The number of halogens is 1. The van der Waals surface area contributed by atoms with E-state index in [-0.39, 0.29) is 41.8 Å². The van der Waals surface area contributed by atoms with E-state index in [0.717, 1.165) is 5.96 Å². The van der Waals surface area contributed by atoms with E-state index in [1.165, 1.54) is 19.2 Å². The molecule has 1 amide bonds. The van der Waals surface area contributed by atoms with E-state index >= 15 is 0 Å². The fraction of sp³-hybridized carbons (Fsp3) is 0.579. The molecular formula is C19H28IN5O5. The van der Waals surface area contributed by atoms with E-state index < -0.39 is 10.5 Å². The van der Waals surface area contributed by atoms with Gasteiger partial charge in [0.15, 0.2) is 5.96 Å². The fourth-order valence-electron chi connectivity index (χ4n) is 3.41. The minimum absolute atomic E-state index is 0. The van der Waals surface area contributed by atoms with Crippen molar-refractivity contribution in [3.63, 3.8) is 0 Å². The average molecular weight is 533 g/mol. The second-order valence-electron chi connectivity index (χ2n) is 8.04. The number of aliphatic imine (C=N–C) groups is 1. The highest BCUT2D eigenvalue weighted by atomic mass is 127. The van der Waals surface area contributed by atoms with Crippen LogP contribution in [-0.4, -0.2) is 71.7 Å². The topological polar surface area (TPSA) is 110 Å². The molecule has 0 aliphatic carbocycles. The molecule has 2 aliphatic heterocycles. The standard InChI is InChI=1S/C19H27N5O5.HI/c1-19(2,3)29-18(25)22-7-8-23-15(12-22)11-21-17(23)20-10-13-9-14(24(26)27)5-6-16(13)28-4;/h5-6,9,15H,7-8,10-12H2,1-4H3,(H,20,21);1H. The van der Waals surface area contributed by atoms with Crippen LogP contribution in [0.4, 0.5) is 10.5 Å². The lowest BCUT2D eigenvalue weighted by Crippen LogP contribution is -2.57. The van der Waals surface area contributed by atoms with Crippen LogP contribution < -0.4 is 10.1 Å². The highest BCUT2D eigenvalue weighted by molar-refractivity contribution is 14.0. The Morgan fingerprint density at radius 2 is 2.10 bits per heavy atom. The third-order valence-electron chi connectivity index (χ3n) is 4.77. The molecule has 1 fully saturated rings. The number of piperazine rings is 1. The lowest BCUT2D eigenvalue weighted by atomic mass is 10.1. The molecule has 1 unspecified atom stereocenters. The Labute approximate surface area is 192 Å². The van der Waals surface area contributed by atoms with Gasteiger partial charge in [0.2, 0.25) is 0 Å². The van der Waals surface area contributed by atoms with Crippen LogP contribution in [0.5, 0.6) is 5.75 Å². The minimum atomic E-state index is -0.523. The van der Waals surface area contributed by atoms with Crippen LogP contribution in [0.1, 0.15) is 26.3 Å². The summed E-state index contributed by atoms with van der Waals surface area (Å²) >= 11 is 0. The molecule has 1 aromatic carbocycles. The van der Waals surface area contributed by atoms with E-state index in [0.29, 0.717) is 44.0 Å². The quantitative estimate of drug-likeness (QED) is 0.360. The smallest absolute Gasteiger partial charge is 0.410 e. The van der Waals surface area contributed by atoms with Gasteiger partial charge in [0.05, 0.1) is 24.6 Å². The van der Waals surface area contributed by atoms with Crippen LogP contribution in [0.15, 0.2) is 23.2 Å². The van der Waals surface area contributed by atoms with E-state index in [1.807, 2.05) is 20.8 Å². The number of benzene rings is 1. The number of nitrogens with zero attached hydrogens (tertiary/aromatic N) is 4. The number of non-ortho nitro benzene ring substituents is 1. The molecular weight excluding hydrogens is 505 g/mol. The van der Waals surface area contributed by atoms with Crippen molar-refractivity contribution in [2.75, 3.05) is 33.3 Å². The summed E-state index contributed by atoms with van der Waals surface area (Å²) in [6, 6.07) is 4.60. The number of nitrogens with one attached hydrogen (secondary N) is 1. The van der Waals surface area contributed by atoms with Crippen molar-refractivity contribution in [1.82, 2.24) is 15.1 Å². The summed E-state index contributed by atoms with van der Waals surface area (Å²) in [6.07, 6.45) is -0.306. The van der Waals surface area contributed by atoms with Crippen molar-refractivity contribution in [3.05, 3.63) is 33.9 Å². The van der Waals surface area contributed by atoms with Crippen LogP contribution in [0.25, 0.3) is 0 Å². The van der Waals surface area contributed by atoms with Gasteiger partial charge in [0.1, 0.15) is 11.4 Å². The largest absolute Gasteiger partial charge is 0.496 e. The number of carbonyl (C=O) groups is 1. The van der Waals surface area contributed by atoms with Gasteiger partial charge in [-0.25, -0.2) is 4.79 Å². The first-order valence-electron chi connectivity index (χ1n) is 9.52. The van der Waals surface area contributed by atoms with Gasteiger partial charge in [0.25, 0.3) is 5.69 Å². The van der Waals surface area contributed by atoms with E-state index in [4.69, 9.17) is 9.47 Å². The summed E-state index contributed by atoms with van der Waals surface area (Å²) in [6.45, 7) is 8.21. The monoisotopic (exact) mass is 533 g/mol. The number of rotatable bonds is 4. The van der Waals surface area contributed by atoms with Crippen molar-refractivity contribution in [2.24, 2.45) is 4.99 Å². The van der Waals surface area contributed by atoms with Crippen LogP contribution in [0.2, 0.25) is 0 Å². The third-order valence-corrected chi connectivity index (χ3v) is 4.77. The highest BCUT2D eigenvalue weighted by Crippen LogP contribution is 2.24. The number of hydrogen-bond donors (Lipinski definition) is 1. The van der Waals surface area contributed by atoms with Gasteiger partial charge in [-0.1, -0.05) is 0 Å². The number of ether oxygens (including phenoxy) is 2. The molecule has 0 saturated carbocycles. The molecule has 0 radical (unpaired) electrons. The van der Waals surface area contributed by atoms with Crippen LogP contribution in [-0.2, 0) is 11.3 Å². The van der Waals surface area contributed by atoms with Crippen molar-refractivity contribution in [2.45, 2.75) is 39.0 Å². The maximum absolute atomic E-state index is 12.3. The molecule has 3 rings (SSSR count). The first-order chi connectivity index (χ1) is 13.7. The number of methoxy groups -OCH3 is 1. The summed E-state index contributed by atoms with van der Waals surface area (Å²) in [5.74, 6) is 1.31. The Kier molecular flexibility index (Phi) is 7.72. The van der Waals surface area contributed by atoms with Gasteiger partial charge >= 0.3 is 6.09 Å². The molecule has 10 nitrogen and oxygen atoms in total. The Morgan fingerprint density at radius 1 is 1.37 bits per heavy atom. The average Bonchev–Trinajstić information content (AvgIpc) is 3.06. The molecule has 2 heterocycles. The molecule has 2 aliphatic rings. The van der Waals surface area contributed by atoms with Crippen LogP contribution in [0.3, 0.4) is 0 Å². The number of amides is 1. The predicted octanol–water partition coefficient (Wildman–Crippen LogP) is 2.60. The molecule has 11 heteroatoms. The maximum Gasteiger partial charge on any atom is 0.410 e. The highest BCUT2D eigenvalue weighted by Gasteiger charge is 2.36. The minimum Gasteiger partial charge on any atom is -0.496 e. The van der Waals surface area contributed by atoms with Gasteiger partial charge in [-0.3, -0.25) is 15.1 Å². The summed E-state index contributed by atoms with van der Waals surface area (Å²) in [5, 5.41) is 14.3. The molecule has 0 spiro atoms. The third kappa shape index (κ3) is 5.64. The van der Waals surface area contributed by atoms with E-state index in [2.05, 4.69) is 15.2 Å². The van der Waals surface area contributed by atoms with Crippen molar-refractivity contribution < 1.29 is 19.2 Å². The number of guanidine groups is 1. The zero-order valence-corrected chi connectivity index (χ0v) is 19.9. The fourth-order valence-corrected chi connectivity index (χ4v) is 3.41. The lowest BCUT2D eigenvalue weighted by Gasteiger charge is -2.39. The molecule has 1 N–H and O–H groups in total. The van der Waals surface area contributed by atoms with Gasteiger partial charge in [0, 0.05) is 43.9 Å². The number of hydrogen-bond acceptors (Lipinski definition) is 8. The molecule has 0 aromatic heterocycles. The zero-order chi connectivity index (χ0) is 21.2. The Balaban J connectivity index is 0.00000320. The number of nitro benzene ring substituents is 1. The number of fused-ring (bicyclic) bond motifs is 1. The van der Waals surface area contributed by atoms with Crippen LogP contribution >= 0.6 is 24.0 Å². The second kappa shape index (κ2) is 9.67. The summed E-state index contributed by atoms with van der Waals surface area (Å²) in [7, 11) is 1.53. The van der Waals surface area contributed by atoms with Crippen LogP contribution in [0, 0.1) is 10.1 Å². The molecule has 1 aromatic rings. The van der Waals surface area contributed by atoms with Crippen molar-refractivity contribution in [1.29, 1.82) is 0 Å². The van der Waals surface area contributed by atoms with Gasteiger partial charge < -0.3 is 24.6 Å². The van der Waals surface area contributed by atoms with Crippen molar-refractivity contribution in [3.8, 4) is 5.75 Å². The SMILES string of the molecule is COc1ccc([N+](=O)[O-])cc1CNC1=NCC2CN(C(=O)OC(C)(C)C)CCN12.I. The molecule has 1 saturated heterocycles. The first kappa shape index (κ1) is 24.0. The zero-order valence-electron chi connectivity index (χ0n) is 17.6.